The molecule has 0 radical (unpaired) electrons. The van der Waals surface area contributed by atoms with E-state index in [1.165, 1.54) is 16.4 Å². The molecule has 2 aromatic heterocycles. The van der Waals surface area contributed by atoms with Crippen molar-refractivity contribution in [3.8, 4) is 22.6 Å². The summed E-state index contributed by atoms with van der Waals surface area (Å²) in [5.41, 5.74) is 0.183. The zero-order valence-corrected chi connectivity index (χ0v) is 14.5. The van der Waals surface area contributed by atoms with Crippen molar-refractivity contribution in [3.05, 3.63) is 38.6 Å². The van der Waals surface area contributed by atoms with Crippen LogP contribution in [-0.4, -0.2) is 30.8 Å². The molecule has 0 saturated carbocycles. The average Bonchev–Trinajstić information content (AvgIpc) is 3.04. The lowest BCUT2D eigenvalue weighted by atomic mass is 10.3. The molecule has 0 amide bonds. The number of methoxy groups -OCH3 is 1. The van der Waals surface area contributed by atoms with Gasteiger partial charge in [-0.2, -0.15) is 9.36 Å². The first-order valence-corrected chi connectivity index (χ1v) is 7.92. The Labute approximate surface area is 142 Å². The number of hydrogen-bond donors (Lipinski definition) is 0. The Morgan fingerprint density at radius 1 is 1.32 bits per heavy atom. The topological polar surface area (TPSA) is 84.1 Å². The molecule has 0 unspecified atom stereocenters. The third kappa shape index (κ3) is 2.70. The van der Waals surface area contributed by atoms with Gasteiger partial charge in [0.2, 0.25) is 3.83 Å². The fraction of sp³-hybridized carbons (Fsp3) is 0.167. The molecule has 1 aromatic carbocycles. The van der Waals surface area contributed by atoms with Gasteiger partial charge in [-0.25, -0.2) is 14.0 Å². The Bertz CT molecular complexity index is 872. The van der Waals surface area contributed by atoms with Crippen LogP contribution in [0.5, 0.6) is 17.0 Å². The molecule has 0 N–H and O–H groups in total. The quantitative estimate of drug-likeness (QED) is 0.587. The summed E-state index contributed by atoms with van der Waals surface area (Å²) in [6.45, 7) is 0. The monoisotopic (exact) mass is 431 g/mol. The van der Waals surface area contributed by atoms with Crippen LogP contribution in [0.3, 0.4) is 0 Å². The van der Waals surface area contributed by atoms with Gasteiger partial charge in [-0.15, -0.1) is 5.10 Å². The second-order valence-corrected chi connectivity index (χ2v) is 5.81. The summed E-state index contributed by atoms with van der Waals surface area (Å²) in [5.74, 6) is 0.462. The van der Waals surface area contributed by atoms with Crippen molar-refractivity contribution >= 4 is 34.1 Å². The highest BCUT2D eigenvalue weighted by Crippen LogP contribution is 2.30. The molecule has 10 heteroatoms. The number of aryl methyl sites for hydroxylation is 1. The molecule has 0 atom stereocenters. The van der Waals surface area contributed by atoms with E-state index in [0.717, 1.165) is 11.5 Å². The molecular formula is C12H10IN5O3S. The first-order chi connectivity index (χ1) is 10.6. The summed E-state index contributed by atoms with van der Waals surface area (Å²) < 4.78 is 18.1. The van der Waals surface area contributed by atoms with Gasteiger partial charge in [0, 0.05) is 41.2 Å². The van der Waals surface area contributed by atoms with E-state index in [1.54, 1.807) is 31.3 Å². The van der Waals surface area contributed by atoms with E-state index in [0.29, 0.717) is 20.5 Å². The van der Waals surface area contributed by atoms with Crippen molar-refractivity contribution in [3.63, 3.8) is 0 Å². The molecule has 0 spiro atoms. The van der Waals surface area contributed by atoms with Gasteiger partial charge in [-0.05, 0) is 12.1 Å². The number of aromatic nitrogens is 5. The second kappa shape index (κ2) is 6.04. The van der Waals surface area contributed by atoms with Gasteiger partial charge in [-0.3, -0.25) is 0 Å². The highest BCUT2D eigenvalue weighted by atomic mass is 127. The van der Waals surface area contributed by atoms with E-state index in [9.17, 15) is 4.79 Å². The van der Waals surface area contributed by atoms with Gasteiger partial charge in [0.25, 0.3) is 5.19 Å². The lowest BCUT2D eigenvalue weighted by Crippen LogP contribution is -2.22. The van der Waals surface area contributed by atoms with E-state index in [2.05, 4.69) is 14.5 Å². The number of hydrogen-bond acceptors (Lipinski definition) is 7. The van der Waals surface area contributed by atoms with Crippen LogP contribution in [0.25, 0.3) is 5.69 Å². The van der Waals surface area contributed by atoms with Crippen LogP contribution < -0.4 is 15.2 Å². The van der Waals surface area contributed by atoms with E-state index in [4.69, 9.17) is 9.47 Å². The number of rotatable bonds is 4. The van der Waals surface area contributed by atoms with Gasteiger partial charge in [0.05, 0.1) is 12.8 Å². The summed E-state index contributed by atoms with van der Waals surface area (Å²) in [4.78, 5) is 16.4. The fourth-order valence-corrected chi connectivity index (χ4v) is 2.96. The molecule has 0 aliphatic rings. The normalized spacial score (nSPS) is 10.7. The lowest BCUT2D eigenvalue weighted by Gasteiger charge is -2.09. The first-order valence-electron chi connectivity index (χ1n) is 6.06. The minimum absolute atomic E-state index is 0.176. The van der Waals surface area contributed by atoms with Crippen LogP contribution in [0, 0.1) is 3.83 Å². The van der Waals surface area contributed by atoms with Crippen LogP contribution >= 0.6 is 34.1 Å². The Kier molecular flexibility index (Phi) is 4.11. The van der Waals surface area contributed by atoms with E-state index < -0.39 is 0 Å². The standard InChI is InChI=1S/C12H10IN5O3S/c1-17-12(19)18(10(15-17)20-2)7-5-3-4-6-8(7)21-11-14-9(13)16-22-11/h3-6H,1-2H3. The predicted octanol–water partition coefficient (Wildman–Crippen LogP) is 1.83. The predicted molar refractivity (Wildman–Crippen MR) is 88.1 cm³/mol. The molecule has 8 nitrogen and oxygen atoms in total. The fourth-order valence-electron chi connectivity index (χ4n) is 1.84. The zero-order valence-electron chi connectivity index (χ0n) is 11.6. The van der Waals surface area contributed by atoms with Crippen LogP contribution in [0.1, 0.15) is 0 Å². The van der Waals surface area contributed by atoms with Crippen LogP contribution in [0.2, 0.25) is 0 Å². The molecule has 0 bridgehead atoms. The molecule has 2 heterocycles. The summed E-state index contributed by atoms with van der Waals surface area (Å²) in [5, 5.41) is 4.42. The van der Waals surface area contributed by atoms with Crippen LogP contribution in [0.4, 0.5) is 0 Å². The maximum Gasteiger partial charge on any atom is 0.353 e. The van der Waals surface area contributed by atoms with Gasteiger partial charge in [-0.1, -0.05) is 12.1 Å². The smallest absolute Gasteiger partial charge is 0.353 e. The van der Waals surface area contributed by atoms with E-state index >= 15 is 0 Å². The minimum Gasteiger partial charge on any atom is -0.467 e. The number of halogens is 1. The Hall–Kier alpha value is -1.95. The number of benzene rings is 1. The molecule has 3 rings (SSSR count). The zero-order chi connectivity index (χ0) is 15.7. The maximum absolute atomic E-state index is 12.3. The van der Waals surface area contributed by atoms with Crippen molar-refractivity contribution < 1.29 is 9.47 Å². The van der Waals surface area contributed by atoms with Gasteiger partial charge in [0.1, 0.15) is 0 Å². The molecule has 22 heavy (non-hydrogen) atoms. The lowest BCUT2D eigenvalue weighted by molar-refractivity contribution is 0.367. The molecule has 0 saturated heterocycles. The van der Waals surface area contributed by atoms with E-state index in [1.807, 2.05) is 22.6 Å². The summed E-state index contributed by atoms with van der Waals surface area (Å²) in [6, 6.07) is 7.26. The Balaban J connectivity index is 2.11. The van der Waals surface area contributed by atoms with Crippen molar-refractivity contribution in [2.75, 3.05) is 7.11 Å². The van der Waals surface area contributed by atoms with Crippen molar-refractivity contribution in [2.24, 2.45) is 7.05 Å². The average molecular weight is 431 g/mol. The SMILES string of the molecule is COc1nn(C)c(=O)n1-c1ccccc1Oc1nc(I)ns1. The van der Waals surface area contributed by atoms with Crippen LogP contribution in [0.15, 0.2) is 29.1 Å². The first kappa shape index (κ1) is 15.0. The molecular weight excluding hydrogens is 421 g/mol. The second-order valence-electron chi connectivity index (χ2n) is 4.13. The number of para-hydroxylation sites is 2. The Morgan fingerprint density at radius 3 is 2.77 bits per heavy atom. The van der Waals surface area contributed by atoms with Gasteiger partial charge < -0.3 is 9.47 Å². The summed E-state index contributed by atoms with van der Waals surface area (Å²) in [7, 11) is 3.01. The maximum atomic E-state index is 12.3. The van der Waals surface area contributed by atoms with Crippen molar-refractivity contribution in [1.82, 2.24) is 23.7 Å². The number of nitrogens with zero attached hydrogens (tertiary/aromatic N) is 5. The highest BCUT2D eigenvalue weighted by molar-refractivity contribution is 14.1. The molecule has 3 aromatic rings. The summed E-state index contributed by atoms with van der Waals surface area (Å²) >= 11 is 3.14. The largest absolute Gasteiger partial charge is 0.467 e. The third-order valence-electron chi connectivity index (χ3n) is 2.76. The van der Waals surface area contributed by atoms with Crippen molar-refractivity contribution in [1.29, 1.82) is 0 Å². The van der Waals surface area contributed by atoms with Gasteiger partial charge >= 0.3 is 11.7 Å². The minimum atomic E-state index is -0.334. The van der Waals surface area contributed by atoms with Crippen molar-refractivity contribution in [2.45, 2.75) is 0 Å². The summed E-state index contributed by atoms with van der Waals surface area (Å²) in [6.07, 6.45) is 0. The molecule has 114 valence electrons. The van der Waals surface area contributed by atoms with Gasteiger partial charge in [0.15, 0.2) is 5.75 Å². The van der Waals surface area contributed by atoms with E-state index in [-0.39, 0.29) is 11.7 Å². The van der Waals surface area contributed by atoms with Crippen LogP contribution in [-0.2, 0) is 7.05 Å². The molecule has 0 aliphatic heterocycles. The Morgan fingerprint density at radius 2 is 2.09 bits per heavy atom. The highest BCUT2D eigenvalue weighted by Gasteiger charge is 2.18. The third-order valence-corrected chi connectivity index (χ3v) is 4.17. The molecule has 0 fully saturated rings. The molecule has 0 aliphatic carbocycles. The number of ether oxygens (including phenoxy) is 2.